The molecule has 4 nitrogen and oxygen atoms in total. The molecule has 0 radical (unpaired) electrons. The smallest absolute Gasteiger partial charge is 0.162 e. The Morgan fingerprint density at radius 1 is 0.857 bits per heavy atom. The SMILES string of the molecule is COc1cc(Cl)c(C(O)c2ccccc2OC)cc1OC. The van der Waals surface area contributed by atoms with E-state index in [4.69, 9.17) is 25.8 Å². The minimum atomic E-state index is -0.923. The van der Waals surface area contributed by atoms with Gasteiger partial charge in [0.05, 0.1) is 26.4 Å². The molecule has 2 rings (SSSR count). The first-order chi connectivity index (χ1) is 10.1. The van der Waals surface area contributed by atoms with Crippen molar-refractivity contribution in [3.63, 3.8) is 0 Å². The maximum Gasteiger partial charge on any atom is 0.162 e. The van der Waals surface area contributed by atoms with Crippen LogP contribution in [0.2, 0.25) is 5.02 Å². The lowest BCUT2D eigenvalue weighted by Crippen LogP contribution is -2.04. The van der Waals surface area contributed by atoms with Crippen LogP contribution in [0.3, 0.4) is 0 Å². The number of methoxy groups -OCH3 is 3. The number of hydrogen-bond donors (Lipinski definition) is 1. The molecule has 0 fully saturated rings. The number of aliphatic hydroxyl groups excluding tert-OH is 1. The third-order valence-electron chi connectivity index (χ3n) is 3.23. The van der Waals surface area contributed by atoms with Gasteiger partial charge in [0, 0.05) is 17.2 Å². The van der Waals surface area contributed by atoms with Crippen LogP contribution >= 0.6 is 11.6 Å². The molecule has 112 valence electrons. The van der Waals surface area contributed by atoms with Crippen molar-refractivity contribution >= 4 is 11.6 Å². The molecule has 5 heteroatoms. The Hall–Kier alpha value is -1.91. The van der Waals surface area contributed by atoms with Crippen LogP contribution in [-0.2, 0) is 0 Å². The van der Waals surface area contributed by atoms with Gasteiger partial charge in [0.25, 0.3) is 0 Å². The summed E-state index contributed by atoms with van der Waals surface area (Å²) in [4.78, 5) is 0. The highest BCUT2D eigenvalue weighted by molar-refractivity contribution is 6.31. The molecule has 0 aliphatic carbocycles. The Kier molecular flexibility index (Phi) is 4.94. The molecule has 0 aliphatic rings. The van der Waals surface area contributed by atoms with Gasteiger partial charge in [-0.2, -0.15) is 0 Å². The molecule has 21 heavy (non-hydrogen) atoms. The van der Waals surface area contributed by atoms with Gasteiger partial charge in [-0.25, -0.2) is 0 Å². The van der Waals surface area contributed by atoms with Crippen molar-refractivity contribution < 1.29 is 19.3 Å². The molecule has 0 heterocycles. The summed E-state index contributed by atoms with van der Waals surface area (Å²) in [6.07, 6.45) is -0.923. The zero-order valence-corrected chi connectivity index (χ0v) is 12.8. The van der Waals surface area contributed by atoms with Gasteiger partial charge in [0.1, 0.15) is 11.9 Å². The van der Waals surface area contributed by atoms with E-state index in [1.165, 1.54) is 14.2 Å². The van der Waals surface area contributed by atoms with Gasteiger partial charge in [-0.15, -0.1) is 0 Å². The summed E-state index contributed by atoms with van der Waals surface area (Å²) in [6, 6.07) is 10.5. The highest BCUT2D eigenvalue weighted by atomic mass is 35.5. The molecule has 0 saturated carbocycles. The van der Waals surface area contributed by atoms with Crippen LogP contribution in [0.25, 0.3) is 0 Å². The zero-order chi connectivity index (χ0) is 15.4. The van der Waals surface area contributed by atoms with Crippen LogP contribution in [0.5, 0.6) is 17.2 Å². The second-order valence-electron chi connectivity index (χ2n) is 4.37. The Labute approximate surface area is 128 Å². The van der Waals surface area contributed by atoms with Gasteiger partial charge in [0.2, 0.25) is 0 Å². The second-order valence-corrected chi connectivity index (χ2v) is 4.78. The first-order valence-corrected chi connectivity index (χ1v) is 6.72. The van der Waals surface area contributed by atoms with Gasteiger partial charge in [0.15, 0.2) is 11.5 Å². The summed E-state index contributed by atoms with van der Waals surface area (Å²) < 4.78 is 15.7. The lowest BCUT2D eigenvalue weighted by atomic mass is 10.00. The second kappa shape index (κ2) is 6.70. The minimum Gasteiger partial charge on any atom is -0.496 e. The number of ether oxygens (including phenoxy) is 3. The van der Waals surface area contributed by atoms with E-state index in [1.54, 1.807) is 31.4 Å². The molecule has 1 N–H and O–H groups in total. The summed E-state index contributed by atoms with van der Waals surface area (Å²) in [5.41, 5.74) is 1.16. The first-order valence-electron chi connectivity index (χ1n) is 6.34. The van der Waals surface area contributed by atoms with Crippen molar-refractivity contribution in [2.45, 2.75) is 6.10 Å². The molecule has 2 aromatic rings. The van der Waals surface area contributed by atoms with Crippen LogP contribution in [0, 0.1) is 0 Å². The maximum absolute atomic E-state index is 10.6. The van der Waals surface area contributed by atoms with E-state index in [0.717, 1.165) is 0 Å². The topological polar surface area (TPSA) is 47.9 Å². The van der Waals surface area contributed by atoms with E-state index in [2.05, 4.69) is 0 Å². The van der Waals surface area contributed by atoms with E-state index in [0.29, 0.717) is 33.4 Å². The first kappa shape index (κ1) is 15.5. The van der Waals surface area contributed by atoms with Gasteiger partial charge in [-0.3, -0.25) is 0 Å². The fourth-order valence-corrected chi connectivity index (χ4v) is 2.40. The van der Waals surface area contributed by atoms with Crippen molar-refractivity contribution in [3.8, 4) is 17.2 Å². The van der Waals surface area contributed by atoms with Gasteiger partial charge < -0.3 is 19.3 Å². The molecule has 1 atom stereocenters. The monoisotopic (exact) mass is 308 g/mol. The number of benzene rings is 2. The summed E-state index contributed by atoms with van der Waals surface area (Å²) in [5.74, 6) is 1.61. The normalized spacial score (nSPS) is 11.9. The third kappa shape index (κ3) is 3.06. The molecule has 0 aromatic heterocycles. The highest BCUT2D eigenvalue weighted by Gasteiger charge is 2.20. The molecule has 0 saturated heterocycles. The molecule has 2 aromatic carbocycles. The molecule has 0 amide bonds. The van der Waals surface area contributed by atoms with Crippen molar-refractivity contribution in [1.82, 2.24) is 0 Å². The Morgan fingerprint density at radius 2 is 1.43 bits per heavy atom. The number of para-hydroxylation sites is 1. The van der Waals surface area contributed by atoms with Crippen LogP contribution in [0.4, 0.5) is 0 Å². The Balaban J connectivity index is 2.50. The number of rotatable bonds is 5. The summed E-state index contributed by atoms with van der Waals surface area (Å²) in [6.45, 7) is 0. The van der Waals surface area contributed by atoms with Crippen LogP contribution in [0.1, 0.15) is 17.2 Å². The largest absolute Gasteiger partial charge is 0.496 e. The minimum absolute atomic E-state index is 0.394. The predicted molar refractivity (Wildman–Crippen MR) is 81.6 cm³/mol. The van der Waals surface area contributed by atoms with Gasteiger partial charge >= 0.3 is 0 Å². The fourth-order valence-electron chi connectivity index (χ4n) is 2.14. The number of hydrogen-bond acceptors (Lipinski definition) is 4. The molecule has 0 bridgehead atoms. The number of aliphatic hydroxyl groups is 1. The van der Waals surface area contributed by atoms with Crippen LogP contribution in [0.15, 0.2) is 36.4 Å². The molecule has 0 spiro atoms. The van der Waals surface area contributed by atoms with E-state index >= 15 is 0 Å². The predicted octanol–water partition coefficient (Wildman–Crippen LogP) is 3.45. The van der Waals surface area contributed by atoms with E-state index in [-0.39, 0.29) is 0 Å². The Morgan fingerprint density at radius 3 is 2.05 bits per heavy atom. The summed E-state index contributed by atoms with van der Waals surface area (Å²) in [5, 5.41) is 11.0. The Bertz CT molecular complexity index is 628. The highest BCUT2D eigenvalue weighted by Crippen LogP contribution is 2.39. The summed E-state index contributed by atoms with van der Waals surface area (Å²) >= 11 is 6.24. The zero-order valence-electron chi connectivity index (χ0n) is 12.1. The van der Waals surface area contributed by atoms with Crippen molar-refractivity contribution in [1.29, 1.82) is 0 Å². The molecule has 1 unspecified atom stereocenters. The summed E-state index contributed by atoms with van der Waals surface area (Å²) in [7, 11) is 4.62. The quantitative estimate of drug-likeness (QED) is 0.919. The van der Waals surface area contributed by atoms with Crippen LogP contribution < -0.4 is 14.2 Å². The van der Waals surface area contributed by atoms with Crippen molar-refractivity contribution in [2.75, 3.05) is 21.3 Å². The standard InChI is InChI=1S/C16H17ClO4/c1-19-13-7-5-4-6-10(13)16(18)11-8-14(20-2)15(21-3)9-12(11)17/h4-9,16,18H,1-3H3. The molecule has 0 aliphatic heterocycles. The van der Waals surface area contributed by atoms with E-state index in [1.807, 2.05) is 12.1 Å². The lowest BCUT2D eigenvalue weighted by molar-refractivity contribution is 0.214. The van der Waals surface area contributed by atoms with Gasteiger partial charge in [-0.1, -0.05) is 29.8 Å². The average molecular weight is 309 g/mol. The van der Waals surface area contributed by atoms with E-state index < -0.39 is 6.10 Å². The average Bonchev–Trinajstić information content (AvgIpc) is 2.53. The number of halogens is 1. The van der Waals surface area contributed by atoms with Crippen molar-refractivity contribution in [3.05, 3.63) is 52.5 Å². The van der Waals surface area contributed by atoms with Crippen LogP contribution in [-0.4, -0.2) is 26.4 Å². The van der Waals surface area contributed by atoms with E-state index in [9.17, 15) is 5.11 Å². The molecular formula is C16H17ClO4. The lowest BCUT2D eigenvalue weighted by Gasteiger charge is -2.18. The fraction of sp³-hybridized carbons (Fsp3) is 0.250. The maximum atomic E-state index is 10.6. The third-order valence-corrected chi connectivity index (χ3v) is 3.56. The van der Waals surface area contributed by atoms with Gasteiger partial charge in [-0.05, 0) is 12.1 Å². The van der Waals surface area contributed by atoms with Crippen molar-refractivity contribution in [2.24, 2.45) is 0 Å². The molecular weight excluding hydrogens is 292 g/mol.